The molecule has 9 heteroatoms. The molecule has 2 aromatic heterocycles. The Morgan fingerprint density at radius 1 is 1.14 bits per heavy atom. The summed E-state index contributed by atoms with van der Waals surface area (Å²) in [6.45, 7) is 3.53. The van der Waals surface area contributed by atoms with E-state index in [1.165, 1.54) is 17.4 Å². The van der Waals surface area contributed by atoms with E-state index in [2.05, 4.69) is 15.5 Å². The number of nitrogens with one attached hydrogen (secondary N) is 1. The summed E-state index contributed by atoms with van der Waals surface area (Å²) in [6, 6.07) is 11.8. The molecule has 3 aromatic rings. The standard InChI is InChI=1S/C27H27FN4O2S2/c1-17(25(33)30-27-31-29-16-35-27)24(20-5-4-6-21(28)15-20)23-12-11-22(36-23)18-7-9-19(10-8-18)26(34)32-13-2-3-14-32/h4-12,16-17,20,24H,2-3,13-15H2,1H3,(H,30,31,33)/t17-,20?,24-/m1/s1. The van der Waals surface area contributed by atoms with Crippen molar-refractivity contribution in [3.8, 4) is 10.4 Å². The number of likely N-dealkylation sites (tertiary alicyclic amines) is 1. The Balaban J connectivity index is 1.38. The number of anilines is 1. The van der Waals surface area contributed by atoms with Crippen molar-refractivity contribution < 1.29 is 14.0 Å². The summed E-state index contributed by atoms with van der Waals surface area (Å²) < 4.78 is 14.2. The average molecular weight is 523 g/mol. The lowest BCUT2D eigenvalue weighted by Crippen LogP contribution is -2.29. The van der Waals surface area contributed by atoms with Crippen LogP contribution in [0.5, 0.6) is 0 Å². The topological polar surface area (TPSA) is 75.2 Å². The maximum atomic E-state index is 14.2. The maximum Gasteiger partial charge on any atom is 0.253 e. The van der Waals surface area contributed by atoms with E-state index in [9.17, 15) is 14.0 Å². The Morgan fingerprint density at radius 3 is 2.61 bits per heavy atom. The quantitative estimate of drug-likeness (QED) is 0.396. The maximum absolute atomic E-state index is 14.2. The number of thiophene rings is 1. The number of aromatic nitrogens is 2. The van der Waals surface area contributed by atoms with Gasteiger partial charge in [0.15, 0.2) is 0 Å². The highest BCUT2D eigenvalue weighted by Crippen LogP contribution is 2.43. The second-order valence-electron chi connectivity index (χ2n) is 9.19. The van der Waals surface area contributed by atoms with Crippen LogP contribution < -0.4 is 5.32 Å². The molecule has 1 fully saturated rings. The Kier molecular flexibility index (Phi) is 7.38. The van der Waals surface area contributed by atoms with Gasteiger partial charge in [0.25, 0.3) is 5.91 Å². The first-order valence-electron chi connectivity index (χ1n) is 12.1. The molecule has 1 aromatic carbocycles. The summed E-state index contributed by atoms with van der Waals surface area (Å²) in [5, 5.41) is 11.0. The van der Waals surface area contributed by atoms with E-state index in [0.29, 0.717) is 10.7 Å². The highest BCUT2D eigenvalue weighted by molar-refractivity contribution is 7.15. The molecule has 6 nitrogen and oxygen atoms in total. The first-order valence-corrected chi connectivity index (χ1v) is 13.8. The van der Waals surface area contributed by atoms with Crippen molar-refractivity contribution in [2.75, 3.05) is 18.4 Å². The van der Waals surface area contributed by atoms with E-state index in [0.717, 1.165) is 41.2 Å². The van der Waals surface area contributed by atoms with Gasteiger partial charge >= 0.3 is 0 Å². The zero-order valence-electron chi connectivity index (χ0n) is 19.9. The molecule has 2 amide bonds. The molecule has 1 aliphatic carbocycles. The summed E-state index contributed by atoms with van der Waals surface area (Å²) in [5.41, 5.74) is 3.28. The zero-order valence-corrected chi connectivity index (χ0v) is 21.5. The highest BCUT2D eigenvalue weighted by Gasteiger charge is 2.34. The van der Waals surface area contributed by atoms with Crippen molar-refractivity contribution in [1.82, 2.24) is 15.1 Å². The predicted octanol–water partition coefficient (Wildman–Crippen LogP) is 6.29. The van der Waals surface area contributed by atoms with Gasteiger partial charge in [-0.2, -0.15) is 0 Å². The molecule has 1 N–H and O–H groups in total. The van der Waals surface area contributed by atoms with Gasteiger partial charge < -0.3 is 10.2 Å². The van der Waals surface area contributed by atoms with E-state index in [1.54, 1.807) is 22.9 Å². The monoisotopic (exact) mass is 522 g/mol. The minimum atomic E-state index is -0.415. The van der Waals surface area contributed by atoms with Gasteiger partial charge in [-0.15, -0.1) is 21.5 Å². The molecule has 1 unspecified atom stereocenters. The minimum Gasteiger partial charge on any atom is -0.339 e. The number of allylic oxidation sites excluding steroid dienone is 4. The zero-order chi connectivity index (χ0) is 25.1. The fourth-order valence-electron chi connectivity index (χ4n) is 4.92. The molecule has 0 spiro atoms. The number of halogens is 1. The number of hydrogen-bond donors (Lipinski definition) is 1. The van der Waals surface area contributed by atoms with Gasteiger partial charge in [-0.25, -0.2) is 4.39 Å². The third-order valence-corrected chi connectivity index (χ3v) is 8.68. The smallest absolute Gasteiger partial charge is 0.253 e. The number of hydrogen-bond acceptors (Lipinski definition) is 6. The molecule has 36 heavy (non-hydrogen) atoms. The molecule has 3 atom stereocenters. The summed E-state index contributed by atoms with van der Waals surface area (Å²) in [5.74, 6) is -1.03. The number of nitrogens with zero attached hydrogens (tertiary/aromatic N) is 3. The van der Waals surface area contributed by atoms with Crippen LogP contribution in [0.1, 0.15) is 47.3 Å². The largest absolute Gasteiger partial charge is 0.339 e. The van der Waals surface area contributed by atoms with Crippen LogP contribution in [0.15, 0.2) is 66.0 Å². The van der Waals surface area contributed by atoms with Crippen LogP contribution in [0.25, 0.3) is 10.4 Å². The summed E-state index contributed by atoms with van der Waals surface area (Å²) in [7, 11) is 0. The second kappa shape index (κ2) is 10.8. The van der Waals surface area contributed by atoms with E-state index in [1.807, 2.05) is 54.3 Å². The van der Waals surface area contributed by atoms with Crippen LogP contribution in [0.2, 0.25) is 0 Å². The van der Waals surface area contributed by atoms with Crippen LogP contribution in [0.3, 0.4) is 0 Å². The van der Waals surface area contributed by atoms with E-state index >= 15 is 0 Å². The number of carbonyl (C=O) groups is 2. The van der Waals surface area contributed by atoms with Crippen molar-refractivity contribution in [2.24, 2.45) is 11.8 Å². The molecule has 1 aliphatic heterocycles. The summed E-state index contributed by atoms with van der Waals surface area (Å²) >= 11 is 2.87. The predicted molar refractivity (Wildman–Crippen MR) is 142 cm³/mol. The summed E-state index contributed by atoms with van der Waals surface area (Å²) in [4.78, 5) is 29.8. The number of benzene rings is 1. The van der Waals surface area contributed by atoms with Crippen molar-refractivity contribution in [1.29, 1.82) is 0 Å². The molecule has 3 heterocycles. The molecule has 0 saturated carbocycles. The Labute approximate surface area is 217 Å². The fourth-order valence-corrected chi connectivity index (χ4v) is 6.66. The number of amides is 2. The lowest BCUT2D eigenvalue weighted by molar-refractivity contribution is -0.120. The lowest BCUT2D eigenvalue weighted by Gasteiger charge is -2.29. The van der Waals surface area contributed by atoms with Crippen LogP contribution >= 0.6 is 22.7 Å². The van der Waals surface area contributed by atoms with Crippen molar-refractivity contribution in [3.05, 3.63) is 76.4 Å². The van der Waals surface area contributed by atoms with Gasteiger partial charge in [0.2, 0.25) is 11.0 Å². The van der Waals surface area contributed by atoms with Gasteiger partial charge in [0.05, 0.1) is 0 Å². The molecule has 0 bridgehead atoms. The average Bonchev–Trinajstić information content (AvgIpc) is 3.67. The third kappa shape index (κ3) is 5.32. The van der Waals surface area contributed by atoms with Gasteiger partial charge in [0.1, 0.15) is 11.3 Å². The minimum absolute atomic E-state index is 0.0837. The first-order chi connectivity index (χ1) is 17.5. The molecule has 5 rings (SSSR count). The molecule has 186 valence electrons. The number of rotatable bonds is 7. The number of carbonyl (C=O) groups excluding carboxylic acids is 2. The Morgan fingerprint density at radius 2 is 1.92 bits per heavy atom. The molecular weight excluding hydrogens is 495 g/mol. The lowest BCUT2D eigenvalue weighted by atomic mass is 9.77. The Bertz CT molecular complexity index is 1280. The molecule has 2 aliphatic rings. The molecule has 0 radical (unpaired) electrons. The van der Waals surface area contributed by atoms with Crippen LogP contribution in [-0.4, -0.2) is 40.0 Å². The first kappa shape index (κ1) is 24.5. The molecular formula is C27H27FN4O2S2. The van der Waals surface area contributed by atoms with E-state index in [4.69, 9.17) is 0 Å². The normalized spacial score (nSPS) is 19.1. The third-order valence-electron chi connectivity index (χ3n) is 6.83. The van der Waals surface area contributed by atoms with Crippen molar-refractivity contribution in [3.63, 3.8) is 0 Å². The summed E-state index contributed by atoms with van der Waals surface area (Å²) in [6.07, 6.45) is 7.59. The van der Waals surface area contributed by atoms with Crippen molar-refractivity contribution >= 4 is 39.6 Å². The van der Waals surface area contributed by atoms with Gasteiger partial charge in [-0.05, 0) is 54.7 Å². The van der Waals surface area contributed by atoms with Crippen LogP contribution in [0, 0.1) is 11.8 Å². The van der Waals surface area contributed by atoms with Gasteiger partial charge in [-0.1, -0.05) is 42.5 Å². The second-order valence-corrected chi connectivity index (χ2v) is 11.1. The van der Waals surface area contributed by atoms with E-state index in [-0.39, 0.29) is 35.9 Å². The van der Waals surface area contributed by atoms with Crippen LogP contribution in [0.4, 0.5) is 9.52 Å². The van der Waals surface area contributed by atoms with Gasteiger partial charge in [0, 0.05) is 46.7 Å². The van der Waals surface area contributed by atoms with E-state index < -0.39 is 5.92 Å². The van der Waals surface area contributed by atoms with Crippen LogP contribution in [-0.2, 0) is 4.79 Å². The Hall–Kier alpha value is -3.17. The fraction of sp³-hybridized carbons (Fsp3) is 0.333. The molecule has 1 saturated heterocycles. The van der Waals surface area contributed by atoms with Gasteiger partial charge in [-0.3, -0.25) is 9.59 Å². The SMILES string of the molecule is C[C@@H](C(=O)Nc1nncs1)[C@@H](c1ccc(-c2ccc(C(=O)N3CCCC3)cc2)s1)C1C=CC=C(F)C1. The van der Waals surface area contributed by atoms with Crippen molar-refractivity contribution in [2.45, 2.75) is 32.1 Å². The highest BCUT2D eigenvalue weighted by atomic mass is 32.1.